The molecule has 5 nitrogen and oxygen atoms in total. The Labute approximate surface area is 156 Å². The number of aliphatic hydroxyl groups is 1. The Morgan fingerprint density at radius 3 is 3.04 bits per heavy atom. The number of halogens is 1. The fourth-order valence-electron chi connectivity index (χ4n) is 3.25. The number of nitrogens with one attached hydrogen (secondary N) is 1. The zero-order chi connectivity index (χ0) is 18.5. The molecule has 0 radical (unpaired) electrons. The molecule has 26 heavy (non-hydrogen) atoms. The van der Waals surface area contributed by atoms with Gasteiger partial charge < -0.3 is 10.4 Å². The van der Waals surface area contributed by atoms with Gasteiger partial charge in [0.1, 0.15) is 5.82 Å². The molecule has 7 heteroatoms. The van der Waals surface area contributed by atoms with Gasteiger partial charge >= 0.3 is 0 Å². The highest BCUT2D eigenvalue weighted by Gasteiger charge is 2.29. The van der Waals surface area contributed by atoms with Crippen molar-refractivity contribution in [1.29, 1.82) is 0 Å². The highest BCUT2D eigenvalue weighted by atomic mass is 32.1. The number of thiazole rings is 1. The van der Waals surface area contributed by atoms with Crippen LogP contribution in [0, 0.1) is 12.7 Å². The zero-order valence-electron chi connectivity index (χ0n) is 14.8. The van der Waals surface area contributed by atoms with Crippen molar-refractivity contribution in [2.75, 3.05) is 13.1 Å². The first kappa shape index (κ1) is 18.9. The Kier molecular flexibility index (Phi) is 6.34. The maximum Gasteiger partial charge on any atom is 0.220 e. The molecule has 2 atom stereocenters. The SMILES string of the molecule is Cc1nc(CN2CC[C@@H](NC(=O)CCc3cccc(F)c3)[C@H](O)C2)cs1. The molecule has 1 fully saturated rings. The van der Waals surface area contributed by atoms with Crippen LogP contribution in [0.5, 0.6) is 0 Å². The maximum atomic E-state index is 13.2. The van der Waals surface area contributed by atoms with Crippen molar-refractivity contribution in [3.05, 3.63) is 51.7 Å². The average Bonchev–Trinajstić information content (AvgIpc) is 3.00. The van der Waals surface area contributed by atoms with Gasteiger partial charge in [-0.1, -0.05) is 12.1 Å². The van der Waals surface area contributed by atoms with Gasteiger partial charge in [0.25, 0.3) is 0 Å². The van der Waals surface area contributed by atoms with E-state index < -0.39 is 6.10 Å². The molecule has 0 aliphatic carbocycles. The van der Waals surface area contributed by atoms with Crippen LogP contribution in [0.1, 0.15) is 29.1 Å². The largest absolute Gasteiger partial charge is 0.390 e. The van der Waals surface area contributed by atoms with E-state index in [-0.39, 0.29) is 24.2 Å². The molecule has 2 aromatic rings. The smallest absolute Gasteiger partial charge is 0.220 e. The summed E-state index contributed by atoms with van der Waals surface area (Å²) in [6.07, 6.45) is 0.883. The number of piperidine rings is 1. The van der Waals surface area contributed by atoms with Gasteiger partial charge in [0, 0.05) is 31.4 Å². The monoisotopic (exact) mass is 377 g/mol. The van der Waals surface area contributed by atoms with E-state index in [0.29, 0.717) is 19.4 Å². The number of hydrogen-bond acceptors (Lipinski definition) is 5. The second-order valence-electron chi connectivity index (χ2n) is 6.75. The van der Waals surface area contributed by atoms with E-state index in [0.717, 1.165) is 29.4 Å². The minimum atomic E-state index is -0.596. The molecule has 1 aliphatic heterocycles. The van der Waals surface area contributed by atoms with Crippen molar-refractivity contribution in [2.24, 2.45) is 0 Å². The highest BCUT2D eigenvalue weighted by molar-refractivity contribution is 7.09. The summed E-state index contributed by atoms with van der Waals surface area (Å²) < 4.78 is 13.2. The molecule has 1 saturated heterocycles. The van der Waals surface area contributed by atoms with Crippen molar-refractivity contribution in [2.45, 2.75) is 44.9 Å². The molecule has 0 unspecified atom stereocenters. The predicted molar refractivity (Wildman–Crippen MR) is 99.4 cm³/mol. The summed E-state index contributed by atoms with van der Waals surface area (Å²) >= 11 is 1.63. The molecule has 0 bridgehead atoms. The minimum Gasteiger partial charge on any atom is -0.390 e. The summed E-state index contributed by atoms with van der Waals surface area (Å²) in [6.45, 7) is 4.03. The van der Waals surface area contributed by atoms with Crippen molar-refractivity contribution in [3.8, 4) is 0 Å². The van der Waals surface area contributed by atoms with Gasteiger partial charge in [0.15, 0.2) is 0 Å². The molecule has 1 amide bonds. The number of aryl methyl sites for hydroxylation is 2. The Morgan fingerprint density at radius 2 is 2.35 bits per heavy atom. The molecule has 0 saturated carbocycles. The van der Waals surface area contributed by atoms with Gasteiger partial charge in [0.05, 0.1) is 22.8 Å². The number of likely N-dealkylation sites (tertiary alicyclic amines) is 1. The number of aromatic nitrogens is 1. The number of aliphatic hydroxyl groups excluding tert-OH is 1. The normalized spacial score (nSPS) is 20.9. The lowest BCUT2D eigenvalue weighted by Crippen LogP contribution is -2.53. The van der Waals surface area contributed by atoms with Gasteiger partial charge in [-0.15, -0.1) is 11.3 Å². The first-order chi connectivity index (χ1) is 12.5. The molecule has 3 rings (SSSR count). The van der Waals surface area contributed by atoms with Crippen LogP contribution < -0.4 is 5.32 Å². The number of hydrogen-bond donors (Lipinski definition) is 2. The lowest BCUT2D eigenvalue weighted by atomic mass is 10.0. The minimum absolute atomic E-state index is 0.109. The molecule has 1 aliphatic rings. The maximum absolute atomic E-state index is 13.2. The number of nitrogens with zero attached hydrogens (tertiary/aromatic N) is 2. The van der Waals surface area contributed by atoms with E-state index in [1.165, 1.54) is 12.1 Å². The summed E-state index contributed by atoms with van der Waals surface area (Å²) in [7, 11) is 0. The van der Waals surface area contributed by atoms with Gasteiger partial charge in [-0.3, -0.25) is 9.69 Å². The number of rotatable bonds is 6. The molecule has 2 N–H and O–H groups in total. The summed E-state index contributed by atoms with van der Waals surface area (Å²) in [4.78, 5) is 18.8. The predicted octanol–water partition coefficient (Wildman–Crippen LogP) is 2.27. The van der Waals surface area contributed by atoms with Crippen LogP contribution in [-0.2, 0) is 17.8 Å². The van der Waals surface area contributed by atoms with Crippen LogP contribution in [0.2, 0.25) is 0 Å². The second kappa shape index (κ2) is 8.70. The quantitative estimate of drug-likeness (QED) is 0.811. The topological polar surface area (TPSA) is 65.5 Å². The number of amides is 1. The Bertz CT molecular complexity index is 752. The van der Waals surface area contributed by atoms with Crippen molar-refractivity contribution < 1.29 is 14.3 Å². The molecular formula is C19H24FN3O2S. The summed E-state index contributed by atoms with van der Waals surface area (Å²) in [5.41, 5.74) is 1.83. The molecule has 0 spiro atoms. The first-order valence-electron chi connectivity index (χ1n) is 8.85. The average molecular weight is 377 g/mol. The third-order valence-corrected chi connectivity index (χ3v) is 5.42. The van der Waals surface area contributed by atoms with E-state index in [1.54, 1.807) is 17.4 Å². The summed E-state index contributed by atoms with van der Waals surface area (Å²) in [5, 5.41) is 16.4. The molecule has 2 heterocycles. The van der Waals surface area contributed by atoms with Crippen LogP contribution in [0.3, 0.4) is 0 Å². The van der Waals surface area contributed by atoms with Crippen molar-refractivity contribution in [3.63, 3.8) is 0 Å². The van der Waals surface area contributed by atoms with E-state index in [4.69, 9.17) is 0 Å². The fourth-order valence-corrected chi connectivity index (χ4v) is 3.85. The van der Waals surface area contributed by atoms with Crippen molar-refractivity contribution in [1.82, 2.24) is 15.2 Å². The molecular weight excluding hydrogens is 353 g/mol. The number of carbonyl (C=O) groups is 1. The van der Waals surface area contributed by atoms with E-state index in [2.05, 4.69) is 15.2 Å². The lowest BCUT2D eigenvalue weighted by Gasteiger charge is -2.36. The van der Waals surface area contributed by atoms with Gasteiger partial charge in [0.2, 0.25) is 5.91 Å². The van der Waals surface area contributed by atoms with Gasteiger partial charge in [-0.05, 0) is 37.5 Å². The highest BCUT2D eigenvalue weighted by Crippen LogP contribution is 2.16. The Balaban J connectivity index is 1.43. The molecule has 140 valence electrons. The number of β-amino-alcohol motifs (C(OH)–C–C–N with tert-alkyl or cyclic N) is 1. The summed E-state index contributed by atoms with van der Waals surface area (Å²) in [5.74, 6) is -0.400. The van der Waals surface area contributed by atoms with Crippen LogP contribution in [0.15, 0.2) is 29.6 Å². The van der Waals surface area contributed by atoms with E-state index in [1.807, 2.05) is 18.4 Å². The first-order valence-corrected chi connectivity index (χ1v) is 9.73. The van der Waals surface area contributed by atoms with Crippen LogP contribution in [0.25, 0.3) is 0 Å². The zero-order valence-corrected chi connectivity index (χ0v) is 15.6. The Morgan fingerprint density at radius 1 is 1.50 bits per heavy atom. The molecule has 1 aromatic carbocycles. The van der Waals surface area contributed by atoms with Crippen LogP contribution in [-0.4, -0.2) is 46.1 Å². The van der Waals surface area contributed by atoms with Crippen LogP contribution in [0.4, 0.5) is 4.39 Å². The van der Waals surface area contributed by atoms with Crippen molar-refractivity contribution >= 4 is 17.2 Å². The second-order valence-corrected chi connectivity index (χ2v) is 7.82. The number of benzene rings is 1. The third kappa shape index (κ3) is 5.33. The van der Waals surface area contributed by atoms with E-state index in [9.17, 15) is 14.3 Å². The fraction of sp³-hybridized carbons (Fsp3) is 0.474. The lowest BCUT2D eigenvalue weighted by molar-refractivity contribution is -0.123. The van der Waals surface area contributed by atoms with Gasteiger partial charge in [-0.2, -0.15) is 0 Å². The Hall–Kier alpha value is -1.83. The third-order valence-electron chi connectivity index (χ3n) is 4.59. The number of carbonyl (C=O) groups excluding carboxylic acids is 1. The standard InChI is InChI=1S/C19H24FN3O2S/c1-13-21-16(12-26-13)10-23-8-7-17(18(24)11-23)22-19(25)6-5-14-3-2-4-15(20)9-14/h2-4,9,12,17-18,24H,5-8,10-11H2,1H3,(H,22,25)/t17-,18-/m1/s1. The molecule has 1 aromatic heterocycles. The summed E-state index contributed by atoms with van der Waals surface area (Å²) in [6, 6.07) is 6.06. The van der Waals surface area contributed by atoms with Gasteiger partial charge in [-0.25, -0.2) is 9.37 Å². The van der Waals surface area contributed by atoms with E-state index >= 15 is 0 Å². The van der Waals surface area contributed by atoms with Crippen LogP contribution >= 0.6 is 11.3 Å².